The first-order valence-corrected chi connectivity index (χ1v) is 12.5. The van der Waals surface area contributed by atoms with E-state index in [1.54, 1.807) is 18.9 Å². The maximum atomic E-state index is 13.1. The molecule has 2 amide bonds. The van der Waals surface area contributed by atoms with Crippen LogP contribution in [-0.2, 0) is 16.0 Å². The van der Waals surface area contributed by atoms with E-state index in [-0.39, 0.29) is 23.8 Å². The van der Waals surface area contributed by atoms with Gasteiger partial charge in [-0.05, 0) is 50.3 Å². The van der Waals surface area contributed by atoms with Crippen molar-refractivity contribution in [2.45, 2.75) is 43.9 Å². The Hall–Kier alpha value is -2.73. The van der Waals surface area contributed by atoms with Crippen molar-refractivity contribution in [3.8, 4) is 5.75 Å². The van der Waals surface area contributed by atoms with Crippen LogP contribution in [0.4, 0.5) is 0 Å². The highest BCUT2D eigenvalue weighted by Crippen LogP contribution is 2.43. The molecular weight excluding hydrogens is 432 g/mol. The van der Waals surface area contributed by atoms with Gasteiger partial charge in [0.25, 0.3) is 5.91 Å². The fourth-order valence-electron chi connectivity index (χ4n) is 4.69. The predicted octanol–water partition coefficient (Wildman–Crippen LogP) is 4.45. The van der Waals surface area contributed by atoms with Crippen LogP contribution >= 0.6 is 11.8 Å². The molecule has 33 heavy (non-hydrogen) atoms. The standard InChI is InChI=1S/C27H32N2O3S/c1-18-8-10-19(11-9-18)14-15-28-26(30)21-12-13-24-22(16-21)29(2)27(31)25(33-24)17-20-6-4-5-7-23(20)32-3/h4-11,17,21-22,24H,12-16H2,1-3H3,(H,28,30)/b25-17+. The molecule has 3 atom stereocenters. The number of benzene rings is 2. The molecule has 1 aliphatic carbocycles. The third kappa shape index (κ3) is 5.44. The molecule has 1 heterocycles. The first kappa shape index (κ1) is 23.4. The highest BCUT2D eigenvalue weighted by Gasteiger charge is 2.42. The van der Waals surface area contributed by atoms with Gasteiger partial charge < -0.3 is 15.0 Å². The van der Waals surface area contributed by atoms with Gasteiger partial charge >= 0.3 is 0 Å². The van der Waals surface area contributed by atoms with E-state index < -0.39 is 0 Å². The van der Waals surface area contributed by atoms with E-state index in [2.05, 4.69) is 36.5 Å². The summed E-state index contributed by atoms with van der Waals surface area (Å²) in [6.07, 6.45) is 5.26. The normalized spacial score (nSPS) is 23.8. The molecule has 5 nitrogen and oxygen atoms in total. The number of hydrogen-bond donors (Lipinski definition) is 1. The molecule has 1 saturated heterocycles. The molecule has 0 aromatic heterocycles. The van der Waals surface area contributed by atoms with E-state index in [9.17, 15) is 9.59 Å². The Bertz CT molecular complexity index is 1030. The minimum atomic E-state index is -0.0418. The summed E-state index contributed by atoms with van der Waals surface area (Å²) in [6, 6.07) is 16.2. The van der Waals surface area contributed by atoms with Crippen LogP contribution in [0.15, 0.2) is 53.4 Å². The second-order valence-corrected chi connectivity index (χ2v) is 10.2. The molecule has 4 rings (SSSR count). The van der Waals surface area contributed by atoms with E-state index in [0.29, 0.717) is 11.8 Å². The van der Waals surface area contributed by atoms with E-state index >= 15 is 0 Å². The molecule has 0 bridgehead atoms. The fourth-order valence-corrected chi connectivity index (χ4v) is 6.16. The molecule has 1 saturated carbocycles. The number of ether oxygens (including phenoxy) is 1. The van der Waals surface area contributed by atoms with Crippen molar-refractivity contribution in [1.29, 1.82) is 0 Å². The third-order valence-electron chi connectivity index (χ3n) is 6.69. The SMILES string of the molecule is COc1ccccc1/C=C1/SC2CCC(C(=O)NCCc3ccc(C)cc3)CC2N(C)C1=O. The largest absolute Gasteiger partial charge is 0.496 e. The molecular formula is C27H32N2O3S. The number of nitrogens with one attached hydrogen (secondary N) is 1. The van der Waals surface area contributed by atoms with Gasteiger partial charge in [0.2, 0.25) is 5.91 Å². The van der Waals surface area contributed by atoms with Gasteiger partial charge in [0, 0.05) is 36.4 Å². The van der Waals surface area contributed by atoms with Gasteiger partial charge in [0.1, 0.15) is 5.75 Å². The number of nitrogens with zero attached hydrogens (tertiary/aromatic N) is 1. The number of para-hydroxylation sites is 1. The highest BCUT2D eigenvalue weighted by atomic mass is 32.2. The minimum Gasteiger partial charge on any atom is -0.496 e. The molecule has 6 heteroatoms. The van der Waals surface area contributed by atoms with E-state index in [0.717, 1.165) is 41.9 Å². The number of carbonyl (C=O) groups excluding carboxylic acids is 2. The van der Waals surface area contributed by atoms with Crippen LogP contribution < -0.4 is 10.1 Å². The van der Waals surface area contributed by atoms with Gasteiger partial charge in [-0.15, -0.1) is 11.8 Å². The lowest BCUT2D eigenvalue weighted by atomic mass is 9.83. The second-order valence-electron chi connectivity index (χ2n) is 8.93. The number of methoxy groups -OCH3 is 1. The maximum absolute atomic E-state index is 13.1. The van der Waals surface area contributed by atoms with Crippen LogP contribution in [0.5, 0.6) is 5.75 Å². The zero-order valence-corrected chi connectivity index (χ0v) is 20.4. The van der Waals surface area contributed by atoms with Crippen LogP contribution in [0.1, 0.15) is 36.0 Å². The lowest BCUT2D eigenvalue weighted by molar-refractivity contribution is -0.131. The van der Waals surface area contributed by atoms with Crippen LogP contribution in [0, 0.1) is 12.8 Å². The Balaban J connectivity index is 1.36. The zero-order chi connectivity index (χ0) is 23.4. The summed E-state index contributed by atoms with van der Waals surface area (Å²) in [5.74, 6) is 0.850. The molecule has 2 fully saturated rings. The van der Waals surface area contributed by atoms with Crippen LogP contribution in [-0.4, -0.2) is 48.7 Å². The van der Waals surface area contributed by atoms with Crippen molar-refractivity contribution in [3.63, 3.8) is 0 Å². The Labute approximate surface area is 200 Å². The lowest BCUT2D eigenvalue weighted by Crippen LogP contribution is -2.52. The zero-order valence-electron chi connectivity index (χ0n) is 19.5. The summed E-state index contributed by atoms with van der Waals surface area (Å²) in [5.41, 5.74) is 3.38. The summed E-state index contributed by atoms with van der Waals surface area (Å²) in [5, 5.41) is 3.43. The number of amides is 2. The average Bonchev–Trinajstić information content (AvgIpc) is 2.83. The van der Waals surface area contributed by atoms with Gasteiger partial charge in [0.05, 0.1) is 12.0 Å². The Morgan fingerprint density at radius 1 is 1.18 bits per heavy atom. The number of carbonyl (C=O) groups is 2. The summed E-state index contributed by atoms with van der Waals surface area (Å²) >= 11 is 1.65. The summed E-state index contributed by atoms with van der Waals surface area (Å²) in [4.78, 5) is 28.5. The van der Waals surface area contributed by atoms with Gasteiger partial charge in [-0.3, -0.25) is 9.59 Å². The molecule has 2 aliphatic rings. The summed E-state index contributed by atoms with van der Waals surface area (Å²) < 4.78 is 5.44. The number of likely N-dealkylation sites (N-methyl/N-ethyl adjacent to an activating group) is 1. The first-order valence-electron chi connectivity index (χ1n) is 11.6. The van der Waals surface area contributed by atoms with Crippen LogP contribution in [0.25, 0.3) is 6.08 Å². The van der Waals surface area contributed by atoms with Crippen molar-refractivity contribution in [1.82, 2.24) is 10.2 Å². The van der Waals surface area contributed by atoms with Gasteiger partial charge in [-0.1, -0.05) is 48.0 Å². The third-order valence-corrected chi connectivity index (χ3v) is 8.09. The molecule has 1 N–H and O–H groups in total. The maximum Gasteiger partial charge on any atom is 0.260 e. The predicted molar refractivity (Wildman–Crippen MR) is 134 cm³/mol. The summed E-state index contributed by atoms with van der Waals surface area (Å²) in [7, 11) is 3.51. The Morgan fingerprint density at radius 2 is 1.94 bits per heavy atom. The van der Waals surface area contributed by atoms with Crippen molar-refractivity contribution in [3.05, 3.63) is 70.1 Å². The Kier molecular flexibility index (Phi) is 7.43. The summed E-state index contributed by atoms with van der Waals surface area (Å²) in [6.45, 7) is 2.71. The number of aryl methyl sites for hydroxylation is 1. The van der Waals surface area contributed by atoms with Crippen molar-refractivity contribution in [2.75, 3.05) is 20.7 Å². The molecule has 0 radical (unpaired) electrons. The average molecular weight is 465 g/mol. The topological polar surface area (TPSA) is 58.6 Å². The van der Waals surface area contributed by atoms with Crippen LogP contribution in [0.3, 0.4) is 0 Å². The van der Waals surface area contributed by atoms with Crippen molar-refractivity contribution in [2.24, 2.45) is 5.92 Å². The molecule has 0 spiro atoms. The van der Waals surface area contributed by atoms with E-state index in [1.807, 2.05) is 42.3 Å². The fraction of sp³-hybridized carbons (Fsp3) is 0.407. The van der Waals surface area contributed by atoms with Gasteiger partial charge in [-0.2, -0.15) is 0 Å². The minimum absolute atomic E-state index is 0.0209. The Morgan fingerprint density at radius 3 is 2.70 bits per heavy atom. The molecule has 174 valence electrons. The molecule has 2 aromatic carbocycles. The molecule has 3 unspecified atom stereocenters. The second kappa shape index (κ2) is 10.5. The number of rotatable bonds is 6. The first-order chi connectivity index (χ1) is 16.0. The quantitative estimate of drug-likeness (QED) is 0.642. The van der Waals surface area contributed by atoms with E-state index in [4.69, 9.17) is 4.74 Å². The number of fused-ring (bicyclic) bond motifs is 1. The molecule has 1 aliphatic heterocycles. The monoisotopic (exact) mass is 464 g/mol. The van der Waals surface area contributed by atoms with Crippen LogP contribution in [0.2, 0.25) is 0 Å². The molecule has 2 aromatic rings. The number of thioether (sulfide) groups is 1. The smallest absolute Gasteiger partial charge is 0.260 e. The lowest BCUT2D eigenvalue weighted by Gasteiger charge is -2.44. The number of hydrogen-bond acceptors (Lipinski definition) is 4. The highest BCUT2D eigenvalue weighted by molar-refractivity contribution is 8.04. The van der Waals surface area contributed by atoms with Gasteiger partial charge in [0.15, 0.2) is 0 Å². The van der Waals surface area contributed by atoms with Gasteiger partial charge in [-0.25, -0.2) is 0 Å². The van der Waals surface area contributed by atoms with Crippen molar-refractivity contribution < 1.29 is 14.3 Å². The van der Waals surface area contributed by atoms with E-state index in [1.165, 1.54) is 11.1 Å². The van der Waals surface area contributed by atoms with Crippen molar-refractivity contribution >= 4 is 29.7 Å².